The van der Waals surface area contributed by atoms with E-state index in [1.54, 1.807) is 0 Å². The SMILES string of the molecule is CC(C)CC(C(=O)N1C[C@@]2(C[C@H]1C(N)=O)N=C(c1ccccc1)NC2=O)N(C)C(=O)OCc1ccccc1. The first-order valence-corrected chi connectivity index (χ1v) is 12.6. The van der Waals surface area contributed by atoms with Gasteiger partial charge in [0.25, 0.3) is 5.91 Å². The van der Waals surface area contributed by atoms with Gasteiger partial charge in [0.05, 0.1) is 6.54 Å². The lowest BCUT2D eigenvalue weighted by molar-refractivity contribution is -0.141. The number of hydrogen-bond acceptors (Lipinski definition) is 6. The molecule has 10 heteroatoms. The van der Waals surface area contributed by atoms with E-state index in [-0.39, 0.29) is 25.5 Å². The number of carbonyl (C=O) groups excluding carboxylic acids is 4. The van der Waals surface area contributed by atoms with Gasteiger partial charge in [0.15, 0.2) is 5.54 Å². The second-order valence-corrected chi connectivity index (χ2v) is 10.2. The predicted octanol–water partition coefficient (Wildman–Crippen LogP) is 2.07. The van der Waals surface area contributed by atoms with Gasteiger partial charge in [0, 0.05) is 19.0 Å². The molecule has 1 spiro atoms. The Morgan fingerprint density at radius 1 is 1.13 bits per heavy atom. The molecule has 1 fully saturated rings. The molecule has 3 N–H and O–H groups in total. The Kier molecular flexibility index (Phi) is 7.80. The molecule has 1 unspecified atom stereocenters. The summed E-state index contributed by atoms with van der Waals surface area (Å²) in [6.45, 7) is 3.80. The monoisotopic (exact) mass is 519 g/mol. The molecule has 0 aliphatic carbocycles. The minimum atomic E-state index is -1.34. The van der Waals surface area contributed by atoms with E-state index in [0.29, 0.717) is 12.3 Å². The molecule has 1 saturated heterocycles. The van der Waals surface area contributed by atoms with Gasteiger partial charge in [-0.05, 0) is 17.9 Å². The summed E-state index contributed by atoms with van der Waals surface area (Å²) < 4.78 is 5.45. The highest BCUT2D eigenvalue weighted by molar-refractivity contribution is 6.16. The van der Waals surface area contributed by atoms with Crippen molar-refractivity contribution in [3.05, 3.63) is 71.8 Å². The molecule has 4 amide bonds. The number of likely N-dealkylation sites (N-methyl/N-ethyl adjacent to an activating group) is 1. The van der Waals surface area contributed by atoms with Crippen LogP contribution in [-0.2, 0) is 25.7 Å². The molecule has 200 valence electrons. The summed E-state index contributed by atoms with van der Waals surface area (Å²) in [5.74, 6) is -1.17. The third-order valence-electron chi connectivity index (χ3n) is 6.92. The lowest BCUT2D eigenvalue weighted by Gasteiger charge is -2.33. The number of carbonyl (C=O) groups is 4. The summed E-state index contributed by atoms with van der Waals surface area (Å²) in [6, 6.07) is 16.4. The number of nitrogens with zero attached hydrogens (tertiary/aromatic N) is 3. The van der Waals surface area contributed by atoms with E-state index < -0.39 is 41.4 Å². The van der Waals surface area contributed by atoms with Crippen LogP contribution in [0.5, 0.6) is 0 Å². The summed E-state index contributed by atoms with van der Waals surface area (Å²) in [4.78, 5) is 59.6. The van der Waals surface area contributed by atoms with Crippen molar-refractivity contribution in [3.63, 3.8) is 0 Å². The number of hydrogen-bond donors (Lipinski definition) is 2. The van der Waals surface area contributed by atoms with E-state index in [2.05, 4.69) is 10.3 Å². The number of amidine groups is 1. The molecule has 2 aromatic carbocycles. The summed E-state index contributed by atoms with van der Waals surface area (Å²) in [6.07, 6.45) is -0.372. The van der Waals surface area contributed by atoms with Gasteiger partial charge in [0.2, 0.25) is 11.8 Å². The summed E-state index contributed by atoms with van der Waals surface area (Å²) >= 11 is 0. The highest BCUT2D eigenvalue weighted by Crippen LogP contribution is 2.35. The number of likely N-dealkylation sites (tertiary alicyclic amines) is 1. The molecule has 2 aliphatic heterocycles. The molecule has 0 saturated carbocycles. The van der Waals surface area contributed by atoms with Crippen LogP contribution in [0.25, 0.3) is 0 Å². The fourth-order valence-corrected chi connectivity index (χ4v) is 4.88. The molecular formula is C28H33N5O5. The number of aliphatic imine (C=N–C) groups is 1. The van der Waals surface area contributed by atoms with E-state index in [4.69, 9.17) is 10.5 Å². The maximum atomic E-state index is 13.9. The van der Waals surface area contributed by atoms with Crippen molar-refractivity contribution in [1.29, 1.82) is 0 Å². The van der Waals surface area contributed by atoms with E-state index in [1.165, 1.54) is 16.8 Å². The summed E-state index contributed by atoms with van der Waals surface area (Å²) in [5, 5.41) is 2.79. The fourth-order valence-electron chi connectivity index (χ4n) is 4.88. The number of nitrogens with two attached hydrogens (primary N) is 1. The van der Waals surface area contributed by atoms with Crippen molar-refractivity contribution in [3.8, 4) is 0 Å². The van der Waals surface area contributed by atoms with Gasteiger partial charge in [-0.2, -0.15) is 0 Å². The minimum absolute atomic E-state index is 0.0349. The zero-order valence-corrected chi connectivity index (χ0v) is 21.8. The number of benzene rings is 2. The average Bonchev–Trinajstić information content (AvgIpc) is 3.46. The van der Waals surface area contributed by atoms with E-state index in [0.717, 1.165) is 11.1 Å². The van der Waals surface area contributed by atoms with Gasteiger partial charge < -0.3 is 20.7 Å². The van der Waals surface area contributed by atoms with Crippen LogP contribution in [0.4, 0.5) is 4.79 Å². The number of nitrogens with one attached hydrogen (secondary N) is 1. The maximum Gasteiger partial charge on any atom is 0.410 e. The Morgan fingerprint density at radius 2 is 1.76 bits per heavy atom. The topological polar surface area (TPSA) is 134 Å². The van der Waals surface area contributed by atoms with Gasteiger partial charge in [0.1, 0.15) is 24.5 Å². The predicted molar refractivity (Wildman–Crippen MR) is 141 cm³/mol. The molecule has 2 aliphatic rings. The molecule has 10 nitrogen and oxygen atoms in total. The van der Waals surface area contributed by atoms with E-state index in [1.807, 2.05) is 74.5 Å². The van der Waals surface area contributed by atoms with Crippen LogP contribution in [0, 0.1) is 5.92 Å². The molecule has 3 atom stereocenters. The van der Waals surface area contributed by atoms with Crippen LogP contribution in [-0.4, -0.2) is 70.7 Å². The van der Waals surface area contributed by atoms with Crippen LogP contribution < -0.4 is 11.1 Å². The summed E-state index contributed by atoms with van der Waals surface area (Å²) in [5.41, 5.74) is 5.90. The summed E-state index contributed by atoms with van der Waals surface area (Å²) in [7, 11) is 1.50. The Balaban J connectivity index is 1.57. The Morgan fingerprint density at radius 3 is 2.37 bits per heavy atom. The van der Waals surface area contributed by atoms with Crippen molar-refractivity contribution in [1.82, 2.24) is 15.1 Å². The zero-order valence-electron chi connectivity index (χ0n) is 21.8. The molecule has 2 aromatic rings. The molecule has 0 aromatic heterocycles. The van der Waals surface area contributed by atoms with Crippen LogP contribution in [0.15, 0.2) is 65.7 Å². The first-order valence-electron chi connectivity index (χ1n) is 12.6. The van der Waals surface area contributed by atoms with Gasteiger partial charge in [-0.1, -0.05) is 74.5 Å². The second-order valence-electron chi connectivity index (χ2n) is 10.2. The molecule has 2 heterocycles. The lowest BCUT2D eigenvalue weighted by Crippen LogP contribution is -2.54. The quantitative estimate of drug-likeness (QED) is 0.551. The van der Waals surface area contributed by atoms with Crippen molar-refractivity contribution >= 4 is 29.7 Å². The molecule has 4 rings (SSSR count). The Hall–Kier alpha value is -4.21. The standard InChI is InChI=1S/C28H33N5O5/c1-18(2)14-21(32(3)27(37)38-16-19-10-6-4-7-11-19)25(35)33-17-28(15-22(33)23(29)34)26(36)30-24(31-28)20-12-8-5-9-13-20/h4-13,18,21-22H,14-17H2,1-3H3,(H2,29,34)(H,30,31,36)/t21?,22-,28+/m0/s1. The maximum absolute atomic E-state index is 13.9. The molecule has 0 bridgehead atoms. The minimum Gasteiger partial charge on any atom is -0.445 e. The highest BCUT2D eigenvalue weighted by atomic mass is 16.6. The number of ether oxygens (including phenoxy) is 1. The van der Waals surface area contributed by atoms with Crippen molar-refractivity contribution in [2.24, 2.45) is 16.6 Å². The van der Waals surface area contributed by atoms with Crippen LogP contribution in [0.2, 0.25) is 0 Å². The van der Waals surface area contributed by atoms with Crippen molar-refractivity contribution in [2.45, 2.75) is 50.9 Å². The van der Waals surface area contributed by atoms with Gasteiger partial charge >= 0.3 is 6.09 Å². The van der Waals surface area contributed by atoms with Gasteiger partial charge in [-0.25, -0.2) is 9.79 Å². The van der Waals surface area contributed by atoms with Crippen molar-refractivity contribution in [2.75, 3.05) is 13.6 Å². The normalized spacial score (nSPS) is 21.3. The van der Waals surface area contributed by atoms with Crippen LogP contribution in [0.3, 0.4) is 0 Å². The van der Waals surface area contributed by atoms with E-state index in [9.17, 15) is 19.2 Å². The first-order chi connectivity index (χ1) is 18.1. The zero-order chi connectivity index (χ0) is 27.4. The number of primary amides is 1. The first kappa shape index (κ1) is 26.8. The van der Waals surface area contributed by atoms with Gasteiger partial charge in [-0.15, -0.1) is 0 Å². The highest BCUT2D eigenvalue weighted by Gasteiger charge is 2.56. The van der Waals surface area contributed by atoms with Crippen LogP contribution in [0.1, 0.15) is 37.8 Å². The molecular weight excluding hydrogens is 486 g/mol. The second kappa shape index (κ2) is 11.0. The Labute approximate surface area is 221 Å². The third kappa shape index (κ3) is 5.53. The van der Waals surface area contributed by atoms with Crippen LogP contribution >= 0.6 is 0 Å². The van der Waals surface area contributed by atoms with Gasteiger partial charge in [-0.3, -0.25) is 19.3 Å². The fraction of sp³-hybridized carbons (Fsp3) is 0.393. The Bertz CT molecular complexity index is 1230. The lowest BCUT2D eigenvalue weighted by atomic mass is 9.96. The average molecular weight is 520 g/mol. The molecule has 0 radical (unpaired) electrons. The number of amides is 4. The van der Waals surface area contributed by atoms with E-state index >= 15 is 0 Å². The van der Waals surface area contributed by atoms with Crippen molar-refractivity contribution < 1.29 is 23.9 Å². The smallest absolute Gasteiger partial charge is 0.410 e. The molecule has 38 heavy (non-hydrogen) atoms. The third-order valence-corrected chi connectivity index (χ3v) is 6.92. The largest absolute Gasteiger partial charge is 0.445 e. The number of rotatable bonds is 8.